The summed E-state index contributed by atoms with van der Waals surface area (Å²) in [6.45, 7) is 39.9. The highest BCUT2D eigenvalue weighted by Gasteiger charge is 2.07. The van der Waals surface area contributed by atoms with Crippen molar-refractivity contribution in [1.29, 1.82) is 0 Å². The fourth-order valence-electron chi connectivity index (χ4n) is 1.46. The van der Waals surface area contributed by atoms with Crippen molar-refractivity contribution in [3.05, 3.63) is 86.8 Å². The normalized spacial score (nSPS) is 10.9. The number of rotatable bonds is 2. The Kier molecular flexibility index (Phi) is 67.2. The first kappa shape index (κ1) is 38.8. The first-order valence-corrected chi connectivity index (χ1v) is 9.53. The minimum atomic E-state index is 0.840. The van der Waals surface area contributed by atoms with Crippen molar-refractivity contribution < 1.29 is 0 Å². The van der Waals surface area contributed by atoms with Gasteiger partial charge >= 0.3 is 0 Å². The van der Waals surface area contributed by atoms with Crippen molar-refractivity contribution in [2.45, 2.75) is 75.7 Å². The molecule has 0 bridgehead atoms. The lowest BCUT2D eigenvalue weighted by molar-refractivity contribution is 1.20. The standard InChI is InChI=1S/C13H16.4C2H6.2C2H4/c1-5-12-7-10(3)8-13(6-2)11(4)9-12;6*1-2/h6-9H,1-2,5H2,3-4H3;4*1-2H3;2*1-2H2. The van der Waals surface area contributed by atoms with Crippen molar-refractivity contribution in [2.75, 3.05) is 0 Å². The molecule has 0 atom stereocenters. The Morgan fingerprint density at radius 2 is 1.08 bits per heavy atom. The molecule has 0 aromatic rings. The van der Waals surface area contributed by atoms with Crippen LogP contribution < -0.4 is 0 Å². The fourth-order valence-corrected chi connectivity index (χ4v) is 1.46. The average Bonchev–Trinajstić information content (AvgIpc) is 2.88. The molecule has 0 heterocycles. The number of hydrogen-bond acceptors (Lipinski definition) is 0. The van der Waals surface area contributed by atoms with Crippen molar-refractivity contribution in [3.8, 4) is 0 Å². The van der Waals surface area contributed by atoms with Crippen LogP contribution in [0.2, 0.25) is 0 Å². The molecule has 0 spiro atoms. The van der Waals surface area contributed by atoms with Gasteiger partial charge in [-0.15, -0.1) is 26.3 Å². The summed E-state index contributed by atoms with van der Waals surface area (Å²) in [5.41, 5.74) is 3.75. The van der Waals surface area contributed by atoms with Gasteiger partial charge in [-0.3, -0.25) is 0 Å². The van der Waals surface area contributed by atoms with E-state index < -0.39 is 0 Å². The van der Waals surface area contributed by atoms with Gasteiger partial charge in [-0.05, 0) is 25.8 Å². The van der Waals surface area contributed by atoms with Crippen molar-refractivity contribution >= 4 is 0 Å². The van der Waals surface area contributed by atoms with Gasteiger partial charge in [0.1, 0.15) is 0 Å². The highest BCUT2D eigenvalue weighted by Crippen LogP contribution is 2.24. The molecule has 0 unspecified atom stereocenters. The SMILES string of the molecule is C=C.C=C.CC.CC.CC.CC.[CH2]CC1=C[C](C)C(C=C)=CC(C)=C1. The molecule has 0 amide bonds. The van der Waals surface area contributed by atoms with Gasteiger partial charge in [-0.2, -0.15) is 0 Å². The quantitative estimate of drug-likeness (QED) is 0.436. The molecule has 0 aliphatic heterocycles. The van der Waals surface area contributed by atoms with E-state index in [-0.39, 0.29) is 0 Å². The largest absolute Gasteiger partial charge is 0.106 e. The van der Waals surface area contributed by atoms with Gasteiger partial charge in [0.05, 0.1) is 0 Å². The first-order chi connectivity index (χ1) is 12.2. The third-order valence-corrected chi connectivity index (χ3v) is 2.16. The molecule has 1 rings (SSSR count). The topological polar surface area (TPSA) is 0 Å². The van der Waals surface area contributed by atoms with Crippen molar-refractivity contribution in [2.24, 2.45) is 0 Å². The van der Waals surface area contributed by atoms with E-state index in [1.807, 2.05) is 61.5 Å². The Morgan fingerprint density at radius 1 is 0.720 bits per heavy atom. The maximum Gasteiger partial charge on any atom is 0.0238 e. The van der Waals surface area contributed by atoms with Crippen LogP contribution in [0, 0.1) is 12.8 Å². The van der Waals surface area contributed by atoms with Gasteiger partial charge < -0.3 is 0 Å². The van der Waals surface area contributed by atoms with E-state index in [1.54, 1.807) is 0 Å². The molecule has 2 radical (unpaired) electrons. The second-order valence-corrected chi connectivity index (χ2v) is 3.34. The molecule has 0 saturated heterocycles. The molecule has 0 aromatic carbocycles. The molecule has 148 valence electrons. The van der Waals surface area contributed by atoms with E-state index in [1.165, 1.54) is 22.6 Å². The molecule has 25 heavy (non-hydrogen) atoms. The smallest absolute Gasteiger partial charge is 0.0238 e. The third-order valence-electron chi connectivity index (χ3n) is 2.16. The van der Waals surface area contributed by atoms with E-state index >= 15 is 0 Å². The Hall–Kier alpha value is -1.56. The minimum Gasteiger partial charge on any atom is -0.106 e. The summed E-state index contributed by atoms with van der Waals surface area (Å²) in [6, 6.07) is 0. The maximum absolute atomic E-state index is 3.90. The van der Waals surface area contributed by atoms with Crippen LogP contribution in [0.15, 0.2) is 73.9 Å². The molecular weight excluding hydrogens is 300 g/mol. The van der Waals surface area contributed by atoms with E-state index in [4.69, 9.17) is 0 Å². The lowest BCUT2D eigenvalue weighted by Crippen LogP contribution is -1.89. The van der Waals surface area contributed by atoms with E-state index in [0.29, 0.717) is 0 Å². The van der Waals surface area contributed by atoms with Crippen LogP contribution in [0.3, 0.4) is 0 Å². The predicted molar refractivity (Wildman–Crippen MR) is 127 cm³/mol. The Labute approximate surface area is 162 Å². The highest BCUT2D eigenvalue weighted by molar-refractivity contribution is 5.49. The van der Waals surface area contributed by atoms with Gasteiger partial charge in [0.15, 0.2) is 0 Å². The van der Waals surface area contributed by atoms with Crippen LogP contribution in [0.4, 0.5) is 0 Å². The molecule has 0 aromatic heterocycles. The van der Waals surface area contributed by atoms with Gasteiger partial charge in [0, 0.05) is 5.92 Å². The minimum absolute atomic E-state index is 0.840. The molecule has 0 nitrogen and oxygen atoms in total. The summed E-state index contributed by atoms with van der Waals surface area (Å²) in [6.07, 6.45) is 9.24. The zero-order valence-corrected chi connectivity index (χ0v) is 19.3. The van der Waals surface area contributed by atoms with Crippen molar-refractivity contribution in [1.82, 2.24) is 0 Å². The van der Waals surface area contributed by atoms with Crippen LogP contribution in [0.5, 0.6) is 0 Å². The highest BCUT2D eigenvalue weighted by atomic mass is 14.1. The molecule has 0 N–H and O–H groups in total. The van der Waals surface area contributed by atoms with Gasteiger partial charge in [0.2, 0.25) is 0 Å². The van der Waals surface area contributed by atoms with Crippen molar-refractivity contribution in [3.63, 3.8) is 0 Å². The summed E-state index contributed by atoms with van der Waals surface area (Å²) in [5, 5.41) is 0. The van der Waals surface area contributed by atoms with Crippen LogP contribution in [-0.2, 0) is 0 Å². The van der Waals surface area contributed by atoms with Crippen LogP contribution in [0.25, 0.3) is 0 Å². The van der Waals surface area contributed by atoms with E-state index in [0.717, 1.165) is 6.42 Å². The molecule has 0 heteroatoms. The lowest BCUT2D eigenvalue weighted by Gasteiger charge is -2.05. The van der Waals surface area contributed by atoms with Gasteiger partial charge in [-0.1, -0.05) is 104 Å². The average molecular weight is 349 g/mol. The lowest BCUT2D eigenvalue weighted by atomic mass is 9.99. The van der Waals surface area contributed by atoms with E-state index in [2.05, 4.69) is 71.9 Å². The van der Waals surface area contributed by atoms with Crippen LogP contribution >= 0.6 is 0 Å². The van der Waals surface area contributed by atoms with Crippen LogP contribution in [-0.4, -0.2) is 0 Å². The summed E-state index contributed by atoms with van der Waals surface area (Å²) in [4.78, 5) is 0. The third kappa shape index (κ3) is 27.6. The summed E-state index contributed by atoms with van der Waals surface area (Å²) in [5.74, 6) is 1.27. The molecule has 1 aliphatic rings. The monoisotopic (exact) mass is 348 g/mol. The molecule has 0 fully saturated rings. The second kappa shape index (κ2) is 43.3. The zero-order valence-electron chi connectivity index (χ0n) is 19.3. The Balaban J connectivity index is -0.0000000638. The molecular formula is C25H48. The predicted octanol–water partition coefficient (Wildman–Crippen LogP) is 9.51. The Bertz CT molecular complexity index is 311. The zero-order chi connectivity index (χ0) is 21.8. The van der Waals surface area contributed by atoms with Gasteiger partial charge in [-0.25, -0.2) is 0 Å². The number of hydrogen-bond donors (Lipinski definition) is 0. The number of allylic oxidation sites excluding steroid dienone is 7. The fraction of sp³-hybridized carbons (Fsp3) is 0.440. The summed E-state index contributed by atoms with van der Waals surface area (Å²) in [7, 11) is 0. The molecule has 1 aliphatic carbocycles. The summed E-state index contributed by atoms with van der Waals surface area (Å²) >= 11 is 0. The first-order valence-electron chi connectivity index (χ1n) is 9.53. The maximum atomic E-state index is 3.90. The Morgan fingerprint density at radius 3 is 1.36 bits per heavy atom. The van der Waals surface area contributed by atoms with Gasteiger partial charge in [0.25, 0.3) is 0 Å². The van der Waals surface area contributed by atoms with E-state index in [9.17, 15) is 0 Å². The van der Waals surface area contributed by atoms with Crippen LogP contribution in [0.1, 0.15) is 75.7 Å². The second-order valence-electron chi connectivity index (χ2n) is 3.34. The molecule has 0 saturated carbocycles. The summed E-state index contributed by atoms with van der Waals surface area (Å²) < 4.78 is 0.